The molecule has 2 nitrogen and oxygen atoms in total. The highest BCUT2D eigenvalue weighted by Crippen LogP contribution is 2.38. The molecule has 1 atom stereocenters. The molecule has 1 aromatic rings. The lowest BCUT2D eigenvalue weighted by molar-refractivity contribution is 0.321. The second-order valence-electron chi connectivity index (χ2n) is 5.83. The highest BCUT2D eigenvalue weighted by atomic mass is 19.1. The number of anilines is 1. The first-order valence-corrected chi connectivity index (χ1v) is 6.69. The Balaban J connectivity index is 2.00. The van der Waals surface area contributed by atoms with Crippen LogP contribution in [0.2, 0.25) is 0 Å². The molecule has 0 aliphatic heterocycles. The average Bonchev–Trinajstić information content (AvgIpc) is 2.62. The van der Waals surface area contributed by atoms with Crippen molar-refractivity contribution in [2.75, 3.05) is 11.9 Å². The number of hydrogen-bond donors (Lipinski definition) is 1. The predicted octanol–water partition coefficient (Wildman–Crippen LogP) is 4.22. The number of nitrogens with one attached hydrogen (secondary N) is 1. The molecule has 0 saturated heterocycles. The molecule has 1 unspecified atom stereocenters. The first-order valence-electron chi connectivity index (χ1n) is 6.69. The van der Waals surface area contributed by atoms with Crippen molar-refractivity contribution in [3.63, 3.8) is 0 Å². The third-order valence-electron chi connectivity index (χ3n) is 3.57. The van der Waals surface area contributed by atoms with Crippen LogP contribution in [0, 0.1) is 11.2 Å². The van der Waals surface area contributed by atoms with Crippen LogP contribution in [0.4, 0.5) is 10.1 Å². The van der Waals surface area contributed by atoms with Crippen molar-refractivity contribution in [1.29, 1.82) is 0 Å². The van der Waals surface area contributed by atoms with Crippen LogP contribution in [0.25, 0.3) is 0 Å². The first kappa shape index (κ1) is 13.2. The van der Waals surface area contributed by atoms with Gasteiger partial charge in [-0.05, 0) is 43.7 Å². The summed E-state index contributed by atoms with van der Waals surface area (Å²) in [4.78, 5) is 0. The molecule has 1 N–H and O–H groups in total. The van der Waals surface area contributed by atoms with E-state index in [0.717, 1.165) is 18.5 Å². The minimum absolute atomic E-state index is 0.292. The van der Waals surface area contributed by atoms with Gasteiger partial charge < -0.3 is 10.1 Å². The normalized spacial score (nSPS) is 21.9. The lowest BCUT2D eigenvalue weighted by Crippen LogP contribution is -2.17. The number of benzene rings is 1. The molecule has 0 bridgehead atoms. The van der Waals surface area contributed by atoms with Gasteiger partial charge in [0.05, 0.1) is 6.61 Å². The van der Waals surface area contributed by atoms with Crippen LogP contribution in [0.15, 0.2) is 18.2 Å². The van der Waals surface area contributed by atoms with E-state index in [1.807, 2.05) is 13.0 Å². The number of ether oxygens (including phenoxy) is 1. The van der Waals surface area contributed by atoms with E-state index in [0.29, 0.717) is 23.8 Å². The molecule has 1 fully saturated rings. The smallest absolute Gasteiger partial charge is 0.167 e. The van der Waals surface area contributed by atoms with E-state index in [-0.39, 0.29) is 5.82 Å². The fourth-order valence-corrected chi connectivity index (χ4v) is 2.66. The van der Waals surface area contributed by atoms with Crippen LogP contribution in [0.5, 0.6) is 5.75 Å². The molecular formula is C15H22FNO. The fraction of sp³-hybridized carbons (Fsp3) is 0.600. The SMILES string of the molecule is CCOc1ccc(NC2CCC(C)(C)C2)cc1F. The minimum atomic E-state index is -0.292. The zero-order chi connectivity index (χ0) is 13.2. The Morgan fingerprint density at radius 3 is 2.78 bits per heavy atom. The standard InChI is InChI=1S/C15H22FNO/c1-4-18-14-6-5-11(9-13(14)16)17-12-7-8-15(2,3)10-12/h5-6,9,12,17H,4,7-8,10H2,1-3H3. The summed E-state index contributed by atoms with van der Waals surface area (Å²) in [5.41, 5.74) is 1.25. The van der Waals surface area contributed by atoms with Crippen LogP contribution in [0.3, 0.4) is 0 Å². The molecule has 2 rings (SSSR count). The van der Waals surface area contributed by atoms with Gasteiger partial charge in [-0.15, -0.1) is 0 Å². The Hall–Kier alpha value is -1.25. The third kappa shape index (κ3) is 3.15. The second kappa shape index (κ2) is 5.17. The Morgan fingerprint density at radius 2 is 2.22 bits per heavy atom. The highest BCUT2D eigenvalue weighted by Gasteiger charge is 2.30. The maximum atomic E-state index is 13.7. The second-order valence-corrected chi connectivity index (χ2v) is 5.83. The van der Waals surface area contributed by atoms with Gasteiger partial charge in [0.15, 0.2) is 11.6 Å². The molecule has 18 heavy (non-hydrogen) atoms. The van der Waals surface area contributed by atoms with E-state index < -0.39 is 0 Å². The lowest BCUT2D eigenvalue weighted by atomic mass is 9.92. The summed E-state index contributed by atoms with van der Waals surface area (Å²) in [5.74, 6) is 0.0360. The maximum absolute atomic E-state index is 13.7. The van der Waals surface area contributed by atoms with Crippen LogP contribution < -0.4 is 10.1 Å². The van der Waals surface area contributed by atoms with Gasteiger partial charge in [-0.1, -0.05) is 13.8 Å². The van der Waals surface area contributed by atoms with Gasteiger partial charge in [0.2, 0.25) is 0 Å². The third-order valence-corrected chi connectivity index (χ3v) is 3.57. The van der Waals surface area contributed by atoms with Gasteiger partial charge in [0.25, 0.3) is 0 Å². The summed E-state index contributed by atoms with van der Waals surface area (Å²) in [7, 11) is 0. The number of rotatable bonds is 4. The van der Waals surface area contributed by atoms with Crippen LogP contribution >= 0.6 is 0 Å². The molecule has 3 heteroatoms. The molecule has 1 aliphatic rings. The van der Waals surface area contributed by atoms with E-state index in [4.69, 9.17) is 4.74 Å². The molecule has 0 radical (unpaired) electrons. The number of hydrogen-bond acceptors (Lipinski definition) is 2. The lowest BCUT2D eigenvalue weighted by Gasteiger charge is -2.19. The summed E-state index contributed by atoms with van der Waals surface area (Å²) in [6, 6.07) is 5.56. The zero-order valence-electron chi connectivity index (χ0n) is 11.4. The summed E-state index contributed by atoms with van der Waals surface area (Å²) < 4.78 is 18.9. The maximum Gasteiger partial charge on any atom is 0.167 e. The number of halogens is 1. The van der Waals surface area contributed by atoms with Crippen LogP contribution in [-0.2, 0) is 0 Å². The largest absolute Gasteiger partial charge is 0.491 e. The Kier molecular flexibility index (Phi) is 3.79. The Labute approximate surface area is 109 Å². The van der Waals surface area contributed by atoms with Crippen LogP contribution in [0.1, 0.15) is 40.0 Å². The zero-order valence-corrected chi connectivity index (χ0v) is 11.4. The Morgan fingerprint density at radius 1 is 1.44 bits per heavy atom. The van der Waals surface area contributed by atoms with Crippen molar-refractivity contribution < 1.29 is 9.13 Å². The molecule has 1 saturated carbocycles. The van der Waals surface area contributed by atoms with Crippen molar-refractivity contribution >= 4 is 5.69 Å². The van der Waals surface area contributed by atoms with Gasteiger partial charge in [0.1, 0.15) is 0 Å². The summed E-state index contributed by atoms with van der Waals surface area (Å²) >= 11 is 0. The predicted molar refractivity (Wildman–Crippen MR) is 72.6 cm³/mol. The summed E-state index contributed by atoms with van der Waals surface area (Å²) in [5, 5.41) is 3.41. The van der Waals surface area contributed by atoms with Gasteiger partial charge in [0, 0.05) is 17.8 Å². The van der Waals surface area contributed by atoms with Crippen molar-refractivity contribution in [2.24, 2.45) is 5.41 Å². The summed E-state index contributed by atoms with van der Waals surface area (Å²) in [6.45, 7) is 6.91. The minimum Gasteiger partial charge on any atom is -0.491 e. The van der Waals surface area contributed by atoms with Gasteiger partial charge in [-0.3, -0.25) is 0 Å². The fourth-order valence-electron chi connectivity index (χ4n) is 2.66. The molecule has 100 valence electrons. The first-order chi connectivity index (χ1) is 8.50. The van der Waals surface area contributed by atoms with Gasteiger partial charge in [-0.25, -0.2) is 4.39 Å². The van der Waals surface area contributed by atoms with Crippen molar-refractivity contribution in [3.05, 3.63) is 24.0 Å². The van der Waals surface area contributed by atoms with E-state index in [9.17, 15) is 4.39 Å². The Bertz CT molecular complexity index is 417. The molecule has 0 heterocycles. The summed E-state index contributed by atoms with van der Waals surface area (Å²) in [6.07, 6.45) is 3.52. The van der Waals surface area contributed by atoms with E-state index in [1.165, 1.54) is 12.5 Å². The molecule has 0 aromatic heterocycles. The molecule has 0 amide bonds. The van der Waals surface area contributed by atoms with Crippen LogP contribution in [-0.4, -0.2) is 12.6 Å². The molecule has 1 aliphatic carbocycles. The molecule has 0 spiro atoms. The van der Waals surface area contributed by atoms with Gasteiger partial charge >= 0.3 is 0 Å². The van der Waals surface area contributed by atoms with Gasteiger partial charge in [-0.2, -0.15) is 0 Å². The van der Waals surface area contributed by atoms with E-state index in [1.54, 1.807) is 6.07 Å². The van der Waals surface area contributed by atoms with Crippen molar-refractivity contribution in [2.45, 2.75) is 46.1 Å². The monoisotopic (exact) mass is 251 g/mol. The van der Waals surface area contributed by atoms with Crippen molar-refractivity contribution in [3.8, 4) is 5.75 Å². The average molecular weight is 251 g/mol. The van der Waals surface area contributed by atoms with E-state index in [2.05, 4.69) is 19.2 Å². The molecule has 1 aromatic carbocycles. The van der Waals surface area contributed by atoms with E-state index >= 15 is 0 Å². The topological polar surface area (TPSA) is 21.3 Å². The van der Waals surface area contributed by atoms with Crippen molar-refractivity contribution in [1.82, 2.24) is 0 Å². The quantitative estimate of drug-likeness (QED) is 0.865. The highest BCUT2D eigenvalue weighted by molar-refractivity contribution is 5.48. The molecular weight excluding hydrogens is 229 g/mol.